The predicted octanol–water partition coefficient (Wildman–Crippen LogP) is 3.37. The minimum atomic E-state index is -0.675. The number of hydrogen-bond acceptors (Lipinski definition) is 7. The van der Waals surface area contributed by atoms with Crippen molar-refractivity contribution < 1.29 is 19.0 Å². The zero-order valence-electron chi connectivity index (χ0n) is 19.8. The Morgan fingerprint density at radius 3 is 2.63 bits per heavy atom. The van der Waals surface area contributed by atoms with Crippen molar-refractivity contribution in [2.45, 2.75) is 19.9 Å². The number of esters is 1. The highest BCUT2D eigenvalue weighted by Crippen LogP contribution is 2.31. The average molecular weight is 491 g/mol. The molecule has 180 valence electrons. The van der Waals surface area contributed by atoms with E-state index < -0.39 is 12.0 Å². The van der Waals surface area contributed by atoms with E-state index >= 15 is 0 Å². The van der Waals surface area contributed by atoms with E-state index in [9.17, 15) is 9.59 Å². The first-order chi connectivity index (χ1) is 17.0. The Morgan fingerprint density at radius 1 is 1.20 bits per heavy atom. The van der Waals surface area contributed by atoms with Crippen molar-refractivity contribution in [2.24, 2.45) is 4.99 Å². The number of para-hydroxylation sites is 1. The van der Waals surface area contributed by atoms with Crippen LogP contribution in [0.2, 0.25) is 0 Å². The number of benzene rings is 2. The molecular weight excluding hydrogens is 464 g/mol. The molecule has 4 rings (SSSR count). The van der Waals surface area contributed by atoms with Crippen LogP contribution in [0.1, 0.15) is 31.0 Å². The summed E-state index contributed by atoms with van der Waals surface area (Å²) in [5, 5.41) is 0. The molecule has 7 nitrogen and oxygen atoms in total. The minimum Gasteiger partial charge on any atom is -0.497 e. The molecule has 0 bridgehead atoms. The van der Waals surface area contributed by atoms with Gasteiger partial charge in [-0.2, -0.15) is 0 Å². The Kier molecular flexibility index (Phi) is 7.31. The van der Waals surface area contributed by atoms with E-state index in [0.29, 0.717) is 38.7 Å². The molecule has 0 amide bonds. The fourth-order valence-corrected chi connectivity index (χ4v) is 4.95. The van der Waals surface area contributed by atoms with Gasteiger partial charge in [0.25, 0.3) is 5.56 Å². The monoisotopic (exact) mass is 490 g/mol. The van der Waals surface area contributed by atoms with E-state index in [1.54, 1.807) is 49.8 Å². The first kappa shape index (κ1) is 24.2. The second-order valence-corrected chi connectivity index (χ2v) is 8.72. The van der Waals surface area contributed by atoms with Crippen molar-refractivity contribution in [1.82, 2.24) is 4.57 Å². The lowest BCUT2D eigenvalue weighted by Gasteiger charge is -2.24. The van der Waals surface area contributed by atoms with Crippen LogP contribution in [0.4, 0.5) is 0 Å². The number of nitrogens with zero attached hydrogens (tertiary/aromatic N) is 2. The van der Waals surface area contributed by atoms with Gasteiger partial charge in [0.1, 0.15) is 18.1 Å². The van der Waals surface area contributed by atoms with Gasteiger partial charge in [-0.25, -0.2) is 9.79 Å². The van der Waals surface area contributed by atoms with Crippen LogP contribution >= 0.6 is 11.3 Å². The molecule has 1 aliphatic rings. The Morgan fingerprint density at radius 2 is 1.94 bits per heavy atom. The van der Waals surface area contributed by atoms with Gasteiger partial charge >= 0.3 is 5.97 Å². The largest absolute Gasteiger partial charge is 0.497 e. The van der Waals surface area contributed by atoms with E-state index in [-0.39, 0.29) is 12.2 Å². The molecule has 0 spiro atoms. The Balaban J connectivity index is 1.91. The van der Waals surface area contributed by atoms with Gasteiger partial charge in [-0.1, -0.05) is 54.3 Å². The van der Waals surface area contributed by atoms with Crippen LogP contribution in [0.25, 0.3) is 6.08 Å². The SMILES string of the molecule is C=CCOc1ccccc1/C=c1\sc2n(c1=O)[C@@H](c1ccc(OC)cc1)C(C(=O)OCC)=C(C)N=2. The van der Waals surface area contributed by atoms with Crippen molar-refractivity contribution >= 4 is 23.4 Å². The molecule has 0 fully saturated rings. The van der Waals surface area contributed by atoms with Crippen LogP contribution in [-0.2, 0) is 9.53 Å². The first-order valence-electron chi connectivity index (χ1n) is 11.1. The molecule has 3 aromatic rings. The van der Waals surface area contributed by atoms with Gasteiger partial charge in [0.05, 0.1) is 35.6 Å². The highest BCUT2D eigenvalue weighted by Gasteiger charge is 2.33. The van der Waals surface area contributed by atoms with Gasteiger partial charge in [0.2, 0.25) is 0 Å². The summed E-state index contributed by atoms with van der Waals surface area (Å²) in [5.74, 6) is 0.830. The van der Waals surface area contributed by atoms with Crippen molar-refractivity contribution in [3.05, 3.63) is 103 Å². The summed E-state index contributed by atoms with van der Waals surface area (Å²) in [7, 11) is 1.59. The number of rotatable bonds is 8. The van der Waals surface area contributed by atoms with Crippen molar-refractivity contribution in [1.29, 1.82) is 0 Å². The second-order valence-electron chi connectivity index (χ2n) is 7.71. The molecule has 0 N–H and O–H groups in total. The van der Waals surface area contributed by atoms with E-state index in [4.69, 9.17) is 14.2 Å². The topological polar surface area (TPSA) is 79.1 Å². The summed E-state index contributed by atoms with van der Waals surface area (Å²) in [6, 6.07) is 14.1. The summed E-state index contributed by atoms with van der Waals surface area (Å²) < 4.78 is 18.4. The van der Waals surface area contributed by atoms with Gasteiger partial charge in [-0.05, 0) is 43.7 Å². The Hall–Kier alpha value is -3.91. The third-order valence-corrected chi connectivity index (χ3v) is 6.49. The number of allylic oxidation sites excluding steroid dienone is 1. The maximum Gasteiger partial charge on any atom is 0.338 e. The molecule has 2 heterocycles. The molecule has 0 unspecified atom stereocenters. The third kappa shape index (κ3) is 4.83. The molecule has 1 atom stereocenters. The van der Waals surface area contributed by atoms with Crippen molar-refractivity contribution in [2.75, 3.05) is 20.3 Å². The normalized spacial score (nSPS) is 15.3. The number of hydrogen-bond donors (Lipinski definition) is 0. The lowest BCUT2D eigenvalue weighted by Crippen LogP contribution is -2.39. The molecule has 0 saturated heterocycles. The zero-order chi connectivity index (χ0) is 24.9. The van der Waals surface area contributed by atoms with Crippen LogP contribution in [0.5, 0.6) is 11.5 Å². The van der Waals surface area contributed by atoms with Gasteiger partial charge < -0.3 is 14.2 Å². The van der Waals surface area contributed by atoms with Crippen LogP contribution in [0, 0.1) is 0 Å². The number of carbonyl (C=O) groups is 1. The summed E-state index contributed by atoms with van der Waals surface area (Å²) in [6.45, 7) is 7.77. The molecule has 0 radical (unpaired) electrons. The average Bonchev–Trinajstić information content (AvgIpc) is 3.17. The number of carbonyl (C=O) groups excluding carboxylic acids is 1. The fraction of sp³-hybridized carbons (Fsp3) is 0.222. The van der Waals surface area contributed by atoms with Crippen LogP contribution in [0.15, 0.2) is 82.2 Å². The number of ether oxygens (including phenoxy) is 3. The molecule has 1 aromatic heterocycles. The summed E-state index contributed by atoms with van der Waals surface area (Å²) in [4.78, 5) is 31.8. The molecule has 35 heavy (non-hydrogen) atoms. The summed E-state index contributed by atoms with van der Waals surface area (Å²) in [6.07, 6.45) is 3.45. The third-order valence-electron chi connectivity index (χ3n) is 5.51. The molecule has 1 aliphatic heterocycles. The van der Waals surface area contributed by atoms with E-state index in [1.165, 1.54) is 11.3 Å². The maximum absolute atomic E-state index is 13.7. The number of aromatic nitrogens is 1. The Bertz CT molecular complexity index is 1460. The number of thiazole rings is 1. The summed E-state index contributed by atoms with van der Waals surface area (Å²) >= 11 is 1.27. The molecule has 8 heteroatoms. The van der Waals surface area contributed by atoms with Gasteiger partial charge in [-0.3, -0.25) is 9.36 Å². The summed E-state index contributed by atoms with van der Waals surface area (Å²) in [5.41, 5.74) is 2.13. The standard InChI is InChI=1S/C27H26N2O5S/c1-5-15-34-21-10-8-7-9-19(21)16-22-25(30)29-24(18-11-13-20(32-4)14-12-18)23(26(31)33-6-2)17(3)28-27(29)35-22/h5,7-14,16,24H,1,6,15H2,2-4H3/b22-16-/t24-/m0/s1. The maximum atomic E-state index is 13.7. The fourth-order valence-electron chi connectivity index (χ4n) is 3.91. The van der Waals surface area contributed by atoms with E-state index in [0.717, 1.165) is 11.1 Å². The van der Waals surface area contributed by atoms with Gasteiger partial charge in [-0.15, -0.1) is 0 Å². The molecule has 2 aromatic carbocycles. The predicted molar refractivity (Wildman–Crippen MR) is 136 cm³/mol. The van der Waals surface area contributed by atoms with Crippen molar-refractivity contribution in [3.63, 3.8) is 0 Å². The highest BCUT2D eigenvalue weighted by molar-refractivity contribution is 7.07. The van der Waals surface area contributed by atoms with E-state index in [1.807, 2.05) is 36.4 Å². The molecule has 0 saturated carbocycles. The minimum absolute atomic E-state index is 0.219. The smallest absolute Gasteiger partial charge is 0.338 e. The zero-order valence-corrected chi connectivity index (χ0v) is 20.6. The number of methoxy groups -OCH3 is 1. The first-order valence-corrected chi connectivity index (χ1v) is 12.0. The van der Waals surface area contributed by atoms with Gasteiger partial charge in [0.15, 0.2) is 4.80 Å². The second kappa shape index (κ2) is 10.6. The van der Waals surface area contributed by atoms with Crippen LogP contribution < -0.4 is 24.4 Å². The molecular formula is C27H26N2O5S. The lowest BCUT2D eigenvalue weighted by atomic mass is 9.96. The van der Waals surface area contributed by atoms with Crippen LogP contribution in [0.3, 0.4) is 0 Å². The Labute approximate surface area is 206 Å². The van der Waals surface area contributed by atoms with Crippen molar-refractivity contribution in [3.8, 4) is 11.5 Å². The molecule has 0 aliphatic carbocycles. The van der Waals surface area contributed by atoms with Gasteiger partial charge in [0, 0.05) is 5.56 Å². The number of fused-ring (bicyclic) bond motifs is 1. The van der Waals surface area contributed by atoms with Crippen LogP contribution in [-0.4, -0.2) is 30.9 Å². The highest BCUT2D eigenvalue weighted by atomic mass is 32.1. The lowest BCUT2D eigenvalue weighted by molar-refractivity contribution is -0.139. The van der Waals surface area contributed by atoms with E-state index in [2.05, 4.69) is 11.6 Å². The quantitative estimate of drug-likeness (QED) is 0.357.